The molecule has 2 heterocycles. The molecular weight excluding hydrogens is 340 g/mol. The molecule has 132 valence electrons. The molecule has 0 aliphatic carbocycles. The van der Waals surface area contributed by atoms with Gasteiger partial charge in [-0.25, -0.2) is 18.4 Å². The van der Waals surface area contributed by atoms with Gasteiger partial charge < -0.3 is 5.32 Å². The Labute approximate surface area is 147 Å². The van der Waals surface area contributed by atoms with Crippen LogP contribution in [-0.4, -0.2) is 47.4 Å². The quantitative estimate of drug-likeness (QED) is 0.899. The number of nitrogens with one attached hydrogen (secondary N) is 1. The van der Waals surface area contributed by atoms with Gasteiger partial charge in [-0.15, -0.1) is 0 Å². The molecule has 1 amide bonds. The standard InChI is InChI=1S/C17H20N4O3S/c1-25(23,24)21-10-6-5-9-15(21)17(22)20-14-11-18-16(19-12-14)13-7-3-2-4-8-13/h2-4,7-8,11-12,15H,5-6,9-10H2,1H3,(H,20,22). The van der Waals surface area contributed by atoms with Crippen molar-refractivity contribution in [1.82, 2.24) is 14.3 Å². The molecule has 2 aromatic rings. The highest BCUT2D eigenvalue weighted by Crippen LogP contribution is 2.21. The molecule has 0 bridgehead atoms. The maximum atomic E-state index is 12.5. The van der Waals surface area contributed by atoms with Crippen LogP contribution in [0.5, 0.6) is 0 Å². The van der Waals surface area contributed by atoms with Crippen molar-refractivity contribution in [3.8, 4) is 11.4 Å². The topological polar surface area (TPSA) is 92.3 Å². The number of hydrogen-bond donors (Lipinski definition) is 1. The second-order valence-electron chi connectivity index (χ2n) is 6.04. The van der Waals surface area contributed by atoms with Gasteiger partial charge in [0.15, 0.2) is 5.82 Å². The van der Waals surface area contributed by atoms with Crippen molar-refractivity contribution in [1.29, 1.82) is 0 Å². The monoisotopic (exact) mass is 360 g/mol. The van der Waals surface area contributed by atoms with Gasteiger partial charge in [0, 0.05) is 12.1 Å². The SMILES string of the molecule is CS(=O)(=O)N1CCCCC1C(=O)Nc1cnc(-c2ccccc2)nc1. The molecule has 1 aromatic heterocycles. The molecule has 0 radical (unpaired) electrons. The Kier molecular flexibility index (Phi) is 5.10. The third kappa shape index (κ3) is 4.21. The summed E-state index contributed by atoms with van der Waals surface area (Å²) in [5, 5.41) is 2.72. The van der Waals surface area contributed by atoms with Gasteiger partial charge in [0.25, 0.3) is 0 Å². The minimum Gasteiger partial charge on any atom is -0.322 e. The van der Waals surface area contributed by atoms with E-state index < -0.39 is 16.1 Å². The van der Waals surface area contributed by atoms with E-state index >= 15 is 0 Å². The zero-order chi connectivity index (χ0) is 17.9. The van der Waals surface area contributed by atoms with Gasteiger partial charge >= 0.3 is 0 Å². The number of piperidine rings is 1. The number of carbonyl (C=O) groups excluding carboxylic acids is 1. The molecule has 1 unspecified atom stereocenters. The van der Waals surface area contributed by atoms with Crippen molar-refractivity contribution in [2.24, 2.45) is 0 Å². The van der Waals surface area contributed by atoms with E-state index in [-0.39, 0.29) is 5.91 Å². The van der Waals surface area contributed by atoms with Crippen LogP contribution in [0.3, 0.4) is 0 Å². The predicted octanol–water partition coefficient (Wildman–Crippen LogP) is 1.90. The van der Waals surface area contributed by atoms with E-state index in [1.807, 2.05) is 30.3 Å². The van der Waals surface area contributed by atoms with Crippen LogP contribution in [0.2, 0.25) is 0 Å². The van der Waals surface area contributed by atoms with Crippen molar-refractivity contribution >= 4 is 21.6 Å². The van der Waals surface area contributed by atoms with Gasteiger partial charge in [-0.2, -0.15) is 4.31 Å². The summed E-state index contributed by atoms with van der Waals surface area (Å²) in [5.41, 5.74) is 1.33. The van der Waals surface area contributed by atoms with Crippen molar-refractivity contribution in [2.75, 3.05) is 18.1 Å². The molecule has 7 nitrogen and oxygen atoms in total. The highest BCUT2D eigenvalue weighted by molar-refractivity contribution is 7.88. The highest BCUT2D eigenvalue weighted by atomic mass is 32.2. The van der Waals surface area contributed by atoms with E-state index in [0.29, 0.717) is 24.5 Å². The molecule has 1 aliphatic rings. The number of hydrogen-bond acceptors (Lipinski definition) is 5. The lowest BCUT2D eigenvalue weighted by Gasteiger charge is -2.32. The molecule has 0 saturated carbocycles. The summed E-state index contributed by atoms with van der Waals surface area (Å²) in [6, 6.07) is 8.83. The lowest BCUT2D eigenvalue weighted by Crippen LogP contribution is -2.49. The van der Waals surface area contributed by atoms with Crippen molar-refractivity contribution < 1.29 is 13.2 Å². The molecule has 1 saturated heterocycles. The smallest absolute Gasteiger partial charge is 0.242 e. The Morgan fingerprint density at radius 2 is 1.84 bits per heavy atom. The molecule has 1 atom stereocenters. The lowest BCUT2D eigenvalue weighted by molar-refractivity contribution is -0.120. The van der Waals surface area contributed by atoms with Crippen LogP contribution in [0.15, 0.2) is 42.7 Å². The van der Waals surface area contributed by atoms with E-state index in [9.17, 15) is 13.2 Å². The fourth-order valence-electron chi connectivity index (χ4n) is 2.92. The van der Waals surface area contributed by atoms with Gasteiger partial charge in [0.1, 0.15) is 6.04 Å². The zero-order valence-corrected chi connectivity index (χ0v) is 14.7. The minimum absolute atomic E-state index is 0.346. The summed E-state index contributed by atoms with van der Waals surface area (Å²) >= 11 is 0. The average Bonchev–Trinajstić information content (AvgIpc) is 2.62. The lowest BCUT2D eigenvalue weighted by atomic mass is 10.0. The molecule has 1 N–H and O–H groups in total. The maximum absolute atomic E-state index is 12.5. The van der Waals surface area contributed by atoms with Crippen LogP contribution < -0.4 is 5.32 Å². The number of amides is 1. The van der Waals surface area contributed by atoms with Gasteiger partial charge in [0.2, 0.25) is 15.9 Å². The van der Waals surface area contributed by atoms with Crippen molar-refractivity contribution in [3.63, 3.8) is 0 Å². The fraction of sp³-hybridized carbons (Fsp3) is 0.353. The molecule has 1 aliphatic heterocycles. The minimum atomic E-state index is -3.41. The van der Waals surface area contributed by atoms with E-state index in [0.717, 1.165) is 24.7 Å². The molecule has 3 rings (SSSR count). The number of sulfonamides is 1. The fourth-order valence-corrected chi connectivity index (χ4v) is 4.04. The van der Waals surface area contributed by atoms with Gasteiger partial charge in [-0.3, -0.25) is 4.79 Å². The van der Waals surface area contributed by atoms with Crippen LogP contribution in [-0.2, 0) is 14.8 Å². The summed E-state index contributed by atoms with van der Waals surface area (Å²) in [6.45, 7) is 0.375. The molecule has 1 fully saturated rings. The van der Waals surface area contributed by atoms with E-state index in [2.05, 4.69) is 15.3 Å². The summed E-state index contributed by atoms with van der Waals surface area (Å²) in [4.78, 5) is 21.0. The second kappa shape index (κ2) is 7.28. The first-order valence-electron chi connectivity index (χ1n) is 8.10. The van der Waals surface area contributed by atoms with Gasteiger partial charge in [-0.1, -0.05) is 36.8 Å². The first-order chi connectivity index (χ1) is 11.9. The molecule has 8 heteroatoms. The van der Waals surface area contributed by atoms with Gasteiger partial charge in [0.05, 0.1) is 24.3 Å². The Morgan fingerprint density at radius 1 is 1.16 bits per heavy atom. The third-order valence-electron chi connectivity index (χ3n) is 4.13. The highest BCUT2D eigenvalue weighted by Gasteiger charge is 2.34. The summed E-state index contributed by atoms with van der Waals surface area (Å²) in [7, 11) is -3.41. The number of aromatic nitrogens is 2. The predicted molar refractivity (Wildman–Crippen MR) is 95.3 cm³/mol. The average molecular weight is 360 g/mol. The third-order valence-corrected chi connectivity index (χ3v) is 5.42. The Bertz CT molecular complexity index is 838. The van der Waals surface area contributed by atoms with Crippen molar-refractivity contribution in [3.05, 3.63) is 42.7 Å². The van der Waals surface area contributed by atoms with Crippen molar-refractivity contribution in [2.45, 2.75) is 25.3 Å². The maximum Gasteiger partial charge on any atom is 0.242 e. The molecule has 1 aromatic carbocycles. The summed E-state index contributed by atoms with van der Waals surface area (Å²) < 4.78 is 25.0. The zero-order valence-electron chi connectivity index (χ0n) is 13.9. The summed E-state index contributed by atoms with van der Waals surface area (Å²) in [6.07, 6.45) is 6.30. The number of anilines is 1. The molecular formula is C17H20N4O3S. The van der Waals surface area contributed by atoms with Crippen LogP contribution in [0.25, 0.3) is 11.4 Å². The number of rotatable bonds is 4. The second-order valence-corrected chi connectivity index (χ2v) is 7.97. The number of nitrogens with zero attached hydrogens (tertiary/aromatic N) is 3. The van der Waals surface area contributed by atoms with Crippen LogP contribution in [0.4, 0.5) is 5.69 Å². The largest absolute Gasteiger partial charge is 0.322 e. The Hall–Kier alpha value is -2.32. The van der Waals surface area contributed by atoms with Gasteiger partial charge in [-0.05, 0) is 12.8 Å². The molecule has 25 heavy (non-hydrogen) atoms. The summed E-state index contributed by atoms with van der Waals surface area (Å²) in [5.74, 6) is 0.218. The Balaban J connectivity index is 1.72. The number of benzene rings is 1. The molecule has 0 spiro atoms. The Morgan fingerprint density at radius 3 is 2.48 bits per heavy atom. The normalized spacial score (nSPS) is 18.7. The van der Waals surface area contributed by atoms with E-state index in [4.69, 9.17) is 0 Å². The van der Waals surface area contributed by atoms with Crippen LogP contribution >= 0.6 is 0 Å². The first-order valence-corrected chi connectivity index (χ1v) is 9.95. The van der Waals surface area contributed by atoms with Crippen LogP contribution in [0, 0.1) is 0 Å². The number of carbonyl (C=O) groups is 1. The van der Waals surface area contributed by atoms with E-state index in [1.54, 1.807) is 0 Å². The first kappa shape index (κ1) is 17.5. The van der Waals surface area contributed by atoms with Crippen LogP contribution in [0.1, 0.15) is 19.3 Å². The van der Waals surface area contributed by atoms with E-state index in [1.165, 1.54) is 16.7 Å².